The highest BCUT2D eigenvalue weighted by Crippen LogP contribution is 2.34. The standard InChI is InChI=1S/C20H22FN3O2S/c1-13(2)20(26)23(3)12-19(25)24-17(14-6-8-15(21)9-7-14)11-16(22-24)18-5-4-10-27-18/h4-10,13,17H,11-12H2,1-3H3/t17-/m0/s1. The molecule has 1 aromatic carbocycles. The fourth-order valence-corrected chi connectivity index (χ4v) is 3.79. The van der Waals surface area contributed by atoms with Crippen molar-refractivity contribution < 1.29 is 14.0 Å². The Hall–Kier alpha value is -2.54. The molecule has 3 rings (SSSR count). The Morgan fingerprint density at radius 3 is 2.59 bits per heavy atom. The molecule has 2 aromatic rings. The number of halogens is 1. The van der Waals surface area contributed by atoms with Crippen LogP contribution in [0.15, 0.2) is 46.9 Å². The predicted molar refractivity (Wildman–Crippen MR) is 104 cm³/mol. The van der Waals surface area contributed by atoms with Crippen molar-refractivity contribution in [2.45, 2.75) is 26.3 Å². The highest BCUT2D eigenvalue weighted by atomic mass is 32.1. The van der Waals surface area contributed by atoms with E-state index in [1.165, 1.54) is 22.0 Å². The van der Waals surface area contributed by atoms with Crippen LogP contribution < -0.4 is 0 Å². The number of likely N-dealkylation sites (N-methyl/N-ethyl adjacent to an activating group) is 1. The van der Waals surface area contributed by atoms with Gasteiger partial charge >= 0.3 is 0 Å². The number of hydrogen-bond donors (Lipinski definition) is 0. The van der Waals surface area contributed by atoms with Gasteiger partial charge < -0.3 is 4.90 Å². The molecule has 142 valence electrons. The van der Waals surface area contributed by atoms with Gasteiger partial charge in [-0.3, -0.25) is 9.59 Å². The minimum Gasteiger partial charge on any atom is -0.336 e. The Bertz CT molecular complexity index is 847. The number of carbonyl (C=O) groups is 2. The van der Waals surface area contributed by atoms with Crippen molar-refractivity contribution in [3.63, 3.8) is 0 Å². The maximum absolute atomic E-state index is 13.3. The van der Waals surface area contributed by atoms with Crippen molar-refractivity contribution in [1.29, 1.82) is 0 Å². The van der Waals surface area contributed by atoms with Gasteiger partial charge in [0.15, 0.2) is 0 Å². The molecule has 0 saturated carbocycles. The molecule has 0 bridgehead atoms. The molecule has 27 heavy (non-hydrogen) atoms. The van der Waals surface area contributed by atoms with Crippen molar-refractivity contribution in [1.82, 2.24) is 9.91 Å². The van der Waals surface area contributed by atoms with Gasteiger partial charge in [0.2, 0.25) is 5.91 Å². The summed E-state index contributed by atoms with van der Waals surface area (Å²) in [5.41, 5.74) is 1.64. The first-order chi connectivity index (χ1) is 12.9. The van der Waals surface area contributed by atoms with E-state index in [0.29, 0.717) is 6.42 Å². The molecule has 0 aliphatic carbocycles. The third kappa shape index (κ3) is 4.24. The third-order valence-corrected chi connectivity index (χ3v) is 5.39. The van der Waals surface area contributed by atoms with Gasteiger partial charge in [0, 0.05) is 19.4 Å². The van der Waals surface area contributed by atoms with E-state index in [1.54, 1.807) is 44.4 Å². The number of rotatable bonds is 5. The van der Waals surface area contributed by atoms with Crippen LogP contribution in [0.25, 0.3) is 0 Å². The van der Waals surface area contributed by atoms with E-state index in [4.69, 9.17) is 0 Å². The van der Waals surface area contributed by atoms with E-state index in [1.807, 2.05) is 17.5 Å². The van der Waals surface area contributed by atoms with Crippen molar-refractivity contribution in [2.24, 2.45) is 11.0 Å². The molecule has 1 aliphatic heterocycles. The second kappa shape index (κ2) is 8.00. The second-order valence-electron chi connectivity index (χ2n) is 6.88. The van der Waals surface area contributed by atoms with Crippen LogP contribution in [0.1, 0.15) is 36.8 Å². The van der Waals surface area contributed by atoms with E-state index in [9.17, 15) is 14.0 Å². The number of nitrogens with zero attached hydrogens (tertiary/aromatic N) is 3. The number of amides is 2. The number of thiophene rings is 1. The molecule has 0 unspecified atom stereocenters. The molecule has 1 aliphatic rings. The quantitative estimate of drug-likeness (QED) is 0.786. The summed E-state index contributed by atoms with van der Waals surface area (Å²) in [7, 11) is 1.62. The third-order valence-electron chi connectivity index (χ3n) is 4.47. The molecular weight excluding hydrogens is 365 g/mol. The molecule has 2 amide bonds. The highest BCUT2D eigenvalue weighted by molar-refractivity contribution is 7.12. The summed E-state index contributed by atoms with van der Waals surface area (Å²) in [6.07, 6.45) is 0.555. The average molecular weight is 387 g/mol. The average Bonchev–Trinajstić information content (AvgIpc) is 3.31. The smallest absolute Gasteiger partial charge is 0.262 e. The minimum atomic E-state index is -0.323. The zero-order valence-electron chi connectivity index (χ0n) is 15.6. The summed E-state index contributed by atoms with van der Waals surface area (Å²) in [5, 5.41) is 7.95. The molecule has 1 aromatic heterocycles. The van der Waals surface area contributed by atoms with Gasteiger partial charge in [0.25, 0.3) is 5.91 Å². The summed E-state index contributed by atoms with van der Waals surface area (Å²) in [6, 6.07) is 9.72. The Kier molecular flexibility index (Phi) is 5.70. The van der Waals surface area contributed by atoms with Gasteiger partial charge in [-0.15, -0.1) is 11.3 Å². The zero-order chi connectivity index (χ0) is 19.6. The van der Waals surface area contributed by atoms with Crippen LogP contribution >= 0.6 is 11.3 Å². The van der Waals surface area contributed by atoms with E-state index < -0.39 is 0 Å². The topological polar surface area (TPSA) is 53.0 Å². The number of hydrazone groups is 1. The Labute approximate surface area is 162 Å². The van der Waals surface area contributed by atoms with Crippen LogP contribution in [0, 0.1) is 11.7 Å². The van der Waals surface area contributed by atoms with E-state index in [-0.39, 0.29) is 36.1 Å². The van der Waals surface area contributed by atoms with Crippen molar-refractivity contribution in [3.8, 4) is 0 Å². The lowest BCUT2D eigenvalue weighted by Crippen LogP contribution is -2.40. The number of carbonyl (C=O) groups excluding carboxylic acids is 2. The maximum Gasteiger partial charge on any atom is 0.262 e. The van der Waals surface area contributed by atoms with Gasteiger partial charge in [0.1, 0.15) is 12.4 Å². The minimum absolute atomic E-state index is 0.0457. The van der Waals surface area contributed by atoms with Gasteiger partial charge in [-0.2, -0.15) is 5.10 Å². The lowest BCUT2D eigenvalue weighted by molar-refractivity contribution is -0.142. The summed E-state index contributed by atoms with van der Waals surface area (Å²) in [6.45, 7) is 3.55. The predicted octanol–water partition coefficient (Wildman–Crippen LogP) is 3.68. The summed E-state index contributed by atoms with van der Waals surface area (Å²) >= 11 is 1.56. The van der Waals surface area contributed by atoms with Crippen molar-refractivity contribution in [2.75, 3.05) is 13.6 Å². The fourth-order valence-electron chi connectivity index (χ4n) is 3.07. The lowest BCUT2D eigenvalue weighted by atomic mass is 10.0. The molecule has 0 spiro atoms. The van der Waals surface area contributed by atoms with Gasteiger partial charge in [0.05, 0.1) is 16.6 Å². The van der Waals surface area contributed by atoms with E-state index in [2.05, 4.69) is 5.10 Å². The summed E-state index contributed by atoms with van der Waals surface area (Å²) in [4.78, 5) is 27.4. The van der Waals surface area contributed by atoms with Crippen LogP contribution in [0.4, 0.5) is 4.39 Å². The highest BCUT2D eigenvalue weighted by Gasteiger charge is 2.34. The Morgan fingerprint density at radius 2 is 2.00 bits per heavy atom. The van der Waals surface area contributed by atoms with Gasteiger partial charge in [-0.1, -0.05) is 32.0 Å². The first kappa shape index (κ1) is 19.2. The van der Waals surface area contributed by atoms with E-state index >= 15 is 0 Å². The summed E-state index contributed by atoms with van der Waals surface area (Å²) in [5.74, 6) is -0.855. The second-order valence-corrected chi connectivity index (χ2v) is 7.83. The monoisotopic (exact) mass is 387 g/mol. The molecule has 0 saturated heterocycles. The first-order valence-electron chi connectivity index (χ1n) is 8.80. The molecule has 2 heterocycles. The Morgan fingerprint density at radius 1 is 1.30 bits per heavy atom. The van der Waals surface area contributed by atoms with Crippen LogP contribution in [-0.4, -0.2) is 41.0 Å². The molecule has 5 nitrogen and oxygen atoms in total. The molecule has 0 fully saturated rings. The van der Waals surface area contributed by atoms with Gasteiger partial charge in [-0.05, 0) is 29.1 Å². The molecule has 1 atom stereocenters. The van der Waals surface area contributed by atoms with Crippen LogP contribution in [0.3, 0.4) is 0 Å². The van der Waals surface area contributed by atoms with Crippen LogP contribution in [-0.2, 0) is 9.59 Å². The lowest BCUT2D eigenvalue weighted by Gasteiger charge is -2.25. The van der Waals surface area contributed by atoms with E-state index in [0.717, 1.165) is 16.2 Å². The molecule has 0 N–H and O–H groups in total. The normalized spacial score (nSPS) is 16.6. The largest absolute Gasteiger partial charge is 0.336 e. The fraction of sp³-hybridized carbons (Fsp3) is 0.350. The maximum atomic E-state index is 13.3. The first-order valence-corrected chi connectivity index (χ1v) is 9.68. The van der Waals surface area contributed by atoms with Crippen molar-refractivity contribution >= 4 is 28.9 Å². The molecular formula is C20H22FN3O2S. The molecule has 7 heteroatoms. The van der Waals surface area contributed by atoms with Crippen LogP contribution in [0.5, 0.6) is 0 Å². The summed E-state index contributed by atoms with van der Waals surface area (Å²) < 4.78 is 13.3. The zero-order valence-corrected chi connectivity index (χ0v) is 16.4. The Balaban J connectivity index is 1.85. The van der Waals surface area contributed by atoms with Gasteiger partial charge in [-0.25, -0.2) is 9.40 Å². The van der Waals surface area contributed by atoms with Crippen molar-refractivity contribution in [3.05, 3.63) is 58.0 Å². The SMILES string of the molecule is CC(C)C(=O)N(C)CC(=O)N1N=C(c2cccs2)C[C@H]1c1ccc(F)cc1. The molecule has 0 radical (unpaired) electrons. The number of benzene rings is 1. The van der Waals surface area contributed by atoms with Crippen LogP contribution in [0.2, 0.25) is 0 Å². The number of hydrogen-bond acceptors (Lipinski definition) is 4.